The number of benzene rings is 3. The van der Waals surface area contributed by atoms with Crippen LogP contribution in [0.15, 0.2) is 89.0 Å². The van der Waals surface area contributed by atoms with E-state index in [1.54, 1.807) is 24.3 Å². The number of pyridine rings is 1. The molecule has 1 aliphatic rings. The van der Waals surface area contributed by atoms with Gasteiger partial charge >= 0.3 is 5.91 Å². The first-order valence-corrected chi connectivity index (χ1v) is 15.2. The fourth-order valence-corrected chi connectivity index (χ4v) is 7.06. The maximum Gasteiger partial charge on any atom is 0.301 e. The molecule has 0 saturated carbocycles. The van der Waals surface area contributed by atoms with Crippen LogP contribution < -0.4 is 19.1 Å². The molecule has 12 heteroatoms. The molecule has 2 aromatic heterocycles. The fraction of sp³-hybridized carbons (Fsp3) is 0.156. The van der Waals surface area contributed by atoms with E-state index >= 15 is 0 Å². The lowest BCUT2D eigenvalue weighted by molar-refractivity contribution is -0.132. The van der Waals surface area contributed by atoms with Crippen molar-refractivity contribution in [3.63, 3.8) is 0 Å². The zero-order valence-electron chi connectivity index (χ0n) is 23.9. The van der Waals surface area contributed by atoms with Crippen LogP contribution in [0.25, 0.3) is 16.5 Å². The van der Waals surface area contributed by atoms with Gasteiger partial charge in [0.1, 0.15) is 5.76 Å². The molecule has 1 unspecified atom stereocenters. The van der Waals surface area contributed by atoms with E-state index in [1.807, 2.05) is 18.2 Å². The van der Waals surface area contributed by atoms with Crippen molar-refractivity contribution in [3.05, 3.63) is 101 Å². The zero-order chi connectivity index (χ0) is 30.8. The van der Waals surface area contributed by atoms with Crippen molar-refractivity contribution in [2.45, 2.75) is 16.1 Å². The van der Waals surface area contributed by atoms with E-state index in [0.717, 1.165) is 16.3 Å². The van der Waals surface area contributed by atoms with E-state index in [1.165, 1.54) is 61.7 Å². The number of fused-ring (bicyclic) bond motifs is 1. The third-order valence-electron chi connectivity index (χ3n) is 7.23. The molecule has 44 heavy (non-hydrogen) atoms. The van der Waals surface area contributed by atoms with Gasteiger partial charge in [-0.25, -0.2) is 0 Å². The fourth-order valence-electron chi connectivity index (χ4n) is 5.19. The van der Waals surface area contributed by atoms with Gasteiger partial charge in [-0.05, 0) is 46.2 Å². The minimum atomic E-state index is -1.07. The topological polar surface area (TPSA) is 124 Å². The molecule has 1 saturated heterocycles. The highest BCUT2D eigenvalue weighted by Gasteiger charge is 2.49. The van der Waals surface area contributed by atoms with Gasteiger partial charge in [0, 0.05) is 23.7 Å². The van der Waals surface area contributed by atoms with Crippen LogP contribution in [0, 0.1) is 0 Å². The number of ether oxygens (including phenoxy) is 3. The molecule has 0 bridgehead atoms. The van der Waals surface area contributed by atoms with Crippen LogP contribution in [-0.2, 0) is 15.3 Å². The number of carbonyl (C=O) groups excluding carboxylic acids is 2. The molecule has 3 heterocycles. The molecule has 1 fully saturated rings. The monoisotopic (exact) mass is 626 g/mol. The van der Waals surface area contributed by atoms with E-state index in [0.29, 0.717) is 38.5 Å². The molecule has 3 aromatic carbocycles. The van der Waals surface area contributed by atoms with Gasteiger partial charge in [0.25, 0.3) is 5.78 Å². The molecule has 1 N–H and O–H groups in total. The van der Waals surface area contributed by atoms with E-state index in [9.17, 15) is 14.7 Å². The number of nitrogens with zero attached hydrogens (tertiary/aromatic N) is 4. The van der Waals surface area contributed by atoms with Crippen molar-refractivity contribution in [2.75, 3.05) is 26.2 Å². The second-order valence-electron chi connectivity index (χ2n) is 9.64. The summed E-state index contributed by atoms with van der Waals surface area (Å²) in [4.78, 5) is 32.5. The second-order valence-corrected chi connectivity index (χ2v) is 11.8. The Bertz CT molecular complexity index is 1880. The lowest BCUT2D eigenvalue weighted by Crippen LogP contribution is -2.29. The van der Waals surface area contributed by atoms with Gasteiger partial charge in [0.15, 0.2) is 15.8 Å². The standard InChI is InChI=1S/C32H26N4O6S2/c1-40-23-15-21(16-24(41-2)29(23)42-3)26-25(27(37)19-11-13-33-14-12-19)28(38)30(39)36(26)31-34-35-32(44-31)43-17-20-9-6-8-18-7-4-5-10-22(18)20/h4-16,26,37H,17H2,1-3H3. The number of aliphatic hydroxyl groups is 1. The van der Waals surface area contributed by atoms with Crippen LogP contribution in [0.3, 0.4) is 0 Å². The molecule has 5 aromatic rings. The number of Topliss-reactive ketones (excluding diaryl/α,β-unsaturated/α-hetero) is 1. The van der Waals surface area contributed by atoms with Crippen LogP contribution in [0.4, 0.5) is 5.13 Å². The summed E-state index contributed by atoms with van der Waals surface area (Å²) in [6.45, 7) is 0. The van der Waals surface area contributed by atoms with Gasteiger partial charge in [-0.2, -0.15) is 0 Å². The molecule has 222 valence electrons. The number of hydrogen-bond acceptors (Lipinski definition) is 11. The first kappa shape index (κ1) is 29.1. The molecular weight excluding hydrogens is 601 g/mol. The van der Waals surface area contributed by atoms with Gasteiger partial charge in [-0.1, -0.05) is 65.6 Å². The van der Waals surface area contributed by atoms with Crippen molar-refractivity contribution >= 4 is 56.5 Å². The minimum Gasteiger partial charge on any atom is -0.507 e. The summed E-state index contributed by atoms with van der Waals surface area (Å²) in [5.74, 6) is -0.443. The van der Waals surface area contributed by atoms with Gasteiger partial charge in [-0.15, -0.1) is 10.2 Å². The van der Waals surface area contributed by atoms with Crippen molar-refractivity contribution in [2.24, 2.45) is 0 Å². The molecule has 1 atom stereocenters. The van der Waals surface area contributed by atoms with Gasteiger partial charge in [0.2, 0.25) is 10.9 Å². The number of aromatic nitrogens is 3. The van der Waals surface area contributed by atoms with Crippen molar-refractivity contribution in [3.8, 4) is 17.2 Å². The molecule has 0 aliphatic carbocycles. The van der Waals surface area contributed by atoms with E-state index in [2.05, 4.69) is 39.4 Å². The lowest BCUT2D eigenvalue weighted by Gasteiger charge is -2.24. The molecule has 0 radical (unpaired) electrons. The highest BCUT2D eigenvalue weighted by atomic mass is 32.2. The highest BCUT2D eigenvalue weighted by molar-refractivity contribution is 8.00. The van der Waals surface area contributed by atoms with E-state index < -0.39 is 17.7 Å². The summed E-state index contributed by atoms with van der Waals surface area (Å²) in [6.07, 6.45) is 2.98. The Balaban J connectivity index is 1.43. The number of amides is 1. The second kappa shape index (κ2) is 12.3. The number of carbonyl (C=O) groups is 2. The summed E-state index contributed by atoms with van der Waals surface area (Å²) in [6, 6.07) is 19.6. The SMILES string of the molecule is COc1cc(C2C(=C(O)c3ccncc3)C(=O)C(=O)N2c2nnc(SCc3cccc4ccccc34)s2)cc(OC)c1OC. The molecular formula is C32H26N4O6S2. The van der Waals surface area contributed by atoms with Crippen LogP contribution in [0.1, 0.15) is 22.7 Å². The summed E-state index contributed by atoms with van der Waals surface area (Å²) in [7, 11) is 4.42. The average molecular weight is 627 g/mol. The number of methoxy groups -OCH3 is 3. The van der Waals surface area contributed by atoms with Crippen LogP contribution in [0.2, 0.25) is 0 Å². The Morgan fingerprint density at radius 1 is 0.932 bits per heavy atom. The Labute approximate surface area is 260 Å². The molecule has 6 rings (SSSR count). The number of hydrogen-bond donors (Lipinski definition) is 1. The third kappa shape index (κ3) is 5.22. The first-order chi connectivity index (χ1) is 21.4. The van der Waals surface area contributed by atoms with E-state index in [-0.39, 0.29) is 16.5 Å². The lowest BCUT2D eigenvalue weighted by atomic mass is 9.95. The smallest absolute Gasteiger partial charge is 0.301 e. The Hall–Kier alpha value is -4.94. The Morgan fingerprint density at radius 3 is 2.34 bits per heavy atom. The number of ketones is 1. The number of anilines is 1. The largest absolute Gasteiger partial charge is 0.507 e. The van der Waals surface area contributed by atoms with Gasteiger partial charge < -0.3 is 19.3 Å². The Morgan fingerprint density at radius 2 is 1.64 bits per heavy atom. The van der Waals surface area contributed by atoms with Crippen molar-refractivity contribution < 1.29 is 28.9 Å². The minimum absolute atomic E-state index is 0.115. The zero-order valence-corrected chi connectivity index (χ0v) is 25.5. The Kier molecular flexibility index (Phi) is 8.18. The number of thioether (sulfide) groups is 1. The number of aliphatic hydroxyl groups excluding tert-OH is 1. The summed E-state index contributed by atoms with van der Waals surface area (Å²) in [5.41, 5.74) is 1.80. The van der Waals surface area contributed by atoms with Crippen LogP contribution >= 0.6 is 23.1 Å². The normalized spacial score (nSPS) is 16.0. The molecule has 10 nitrogen and oxygen atoms in total. The van der Waals surface area contributed by atoms with Gasteiger partial charge in [-0.3, -0.25) is 19.5 Å². The molecule has 0 spiro atoms. The molecule has 1 aliphatic heterocycles. The van der Waals surface area contributed by atoms with Gasteiger partial charge in [0.05, 0.1) is 32.9 Å². The summed E-state index contributed by atoms with van der Waals surface area (Å²) in [5, 5.41) is 22.5. The van der Waals surface area contributed by atoms with E-state index in [4.69, 9.17) is 14.2 Å². The summed E-state index contributed by atoms with van der Waals surface area (Å²) >= 11 is 2.67. The quantitative estimate of drug-likeness (QED) is 0.0682. The third-order valence-corrected chi connectivity index (χ3v) is 9.34. The predicted molar refractivity (Wildman–Crippen MR) is 169 cm³/mol. The number of rotatable bonds is 9. The molecule has 1 amide bonds. The van der Waals surface area contributed by atoms with Crippen LogP contribution in [0.5, 0.6) is 17.2 Å². The van der Waals surface area contributed by atoms with Crippen molar-refractivity contribution in [1.82, 2.24) is 15.2 Å². The maximum absolute atomic E-state index is 13.7. The van der Waals surface area contributed by atoms with Crippen molar-refractivity contribution in [1.29, 1.82) is 0 Å². The first-order valence-electron chi connectivity index (χ1n) is 13.4. The average Bonchev–Trinajstić information content (AvgIpc) is 3.64. The maximum atomic E-state index is 13.7. The van der Waals surface area contributed by atoms with Crippen LogP contribution in [-0.4, -0.2) is 53.3 Å². The summed E-state index contributed by atoms with van der Waals surface area (Å²) < 4.78 is 17.2. The highest BCUT2D eigenvalue weighted by Crippen LogP contribution is 2.48. The predicted octanol–water partition coefficient (Wildman–Crippen LogP) is 6.03.